The Morgan fingerprint density at radius 1 is 1.50 bits per heavy atom. The quantitative estimate of drug-likeness (QED) is 0.710. The Hall–Kier alpha value is 1.34. The minimum absolute atomic E-state index is 0.0270. The van der Waals surface area contributed by atoms with E-state index in [0.717, 1.165) is 0 Å². The summed E-state index contributed by atoms with van der Waals surface area (Å²) in [5.41, 5.74) is 0. The van der Waals surface area contributed by atoms with Crippen LogP contribution in [0.4, 0.5) is 0 Å². The van der Waals surface area contributed by atoms with Crippen molar-refractivity contribution in [3.63, 3.8) is 0 Å². The molecule has 0 fully saturated rings. The first-order valence-corrected chi connectivity index (χ1v) is 14.8. The molecule has 0 aromatic rings. The van der Waals surface area contributed by atoms with Gasteiger partial charge in [0.05, 0.1) is 0 Å². The van der Waals surface area contributed by atoms with Crippen molar-refractivity contribution in [2.45, 2.75) is 11.4 Å². The molecule has 0 aliphatic carbocycles. The molecule has 0 saturated carbocycles. The predicted octanol–water partition coefficient (Wildman–Crippen LogP) is 2.23. The Bertz CT molecular complexity index is 97.2. The van der Waals surface area contributed by atoms with Crippen LogP contribution in [-0.4, -0.2) is 20.8 Å². The van der Waals surface area contributed by atoms with Crippen LogP contribution in [0.1, 0.15) is 6.92 Å². The number of hydrogen-bond donors (Lipinski definition) is 0. The third kappa shape index (κ3) is 7.34. The van der Waals surface area contributed by atoms with Crippen molar-refractivity contribution in [1.29, 1.82) is 0 Å². The van der Waals surface area contributed by atoms with Crippen molar-refractivity contribution in [3.05, 3.63) is 0 Å². The fourth-order valence-corrected chi connectivity index (χ4v) is 5.68. The van der Waals surface area contributed by atoms with Crippen LogP contribution >= 0.6 is 26.8 Å². The summed E-state index contributed by atoms with van der Waals surface area (Å²) in [5.74, 6) is -0.0270. The van der Waals surface area contributed by atoms with Crippen LogP contribution in [0.5, 0.6) is 0 Å². The summed E-state index contributed by atoms with van der Waals surface area (Å²) in [7, 11) is 16.3. The van der Waals surface area contributed by atoms with E-state index in [1.165, 1.54) is 6.92 Å². The molecule has 1 nitrogen and oxygen atoms in total. The first kappa shape index (κ1) is 9.34. The molecule has 0 aliphatic rings. The molecule has 0 heterocycles. The Morgan fingerprint density at radius 2 is 1.88 bits per heavy atom. The standard InChI is InChI=1S/C3H5O.3ClH.Sn/c1-3(2)4;;;;/h1H2,2H3;3*1H;/q;;;;+3/p-3. The van der Waals surface area contributed by atoms with Crippen molar-refractivity contribution in [2.75, 3.05) is 0 Å². The monoisotopic (exact) mass is 282 g/mol. The predicted molar refractivity (Wildman–Crippen MR) is 38.8 cm³/mol. The van der Waals surface area contributed by atoms with Crippen LogP contribution in [0.2, 0.25) is 4.44 Å². The van der Waals surface area contributed by atoms with Gasteiger partial charge in [0.2, 0.25) is 0 Å². The molecule has 0 radical (unpaired) electrons. The van der Waals surface area contributed by atoms with E-state index in [9.17, 15) is 4.79 Å². The molecule has 0 amide bonds. The maximum atomic E-state index is 10.3. The Labute approximate surface area is 63.3 Å². The number of ketones is 1. The first-order valence-electron chi connectivity index (χ1n) is 1.98. The molecule has 0 rings (SSSR count). The number of carbonyl (C=O) groups is 1. The maximum absolute atomic E-state index is 10.3. The van der Waals surface area contributed by atoms with Crippen molar-refractivity contribution in [2.24, 2.45) is 0 Å². The number of carbonyl (C=O) groups excluding carboxylic acids is 1. The molecule has 0 bridgehead atoms. The van der Waals surface area contributed by atoms with Crippen LogP contribution in [0.25, 0.3) is 0 Å². The van der Waals surface area contributed by atoms with Crippen LogP contribution in [0.3, 0.4) is 0 Å². The Balaban J connectivity index is 3.55. The van der Waals surface area contributed by atoms with Gasteiger partial charge in [0.25, 0.3) is 0 Å². The van der Waals surface area contributed by atoms with Gasteiger partial charge in [-0.2, -0.15) is 0 Å². The van der Waals surface area contributed by atoms with Gasteiger partial charge in [-0.15, -0.1) is 0 Å². The molecule has 0 aromatic heterocycles. The fourth-order valence-electron chi connectivity index (χ4n) is 0.282. The molecular weight excluding hydrogens is 277 g/mol. The zero-order chi connectivity index (χ0) is 6.78. The van der Waals surface area contributed by atoms with Crippen LogP contribution < -0.4 is 0 Å². The molecule has 8 heavy (non-hydrogen) atoms. The van der Waals surface area contributed by atoms with Crippen molar-refractivity contribution < 1.29 is 4.79 Å². The molecule has 0 aliphatic heterocycles. The minimum atomic E-state index is -3.29. The molecule has 0 atom stereocenters. The van der Waals surface area contributed by atoms with Gasteiger partial charge in [-0.1, -0.05) is 0 Å². The van der Waals surface area contributed by atoms with Crippen LogP contribution in [-0.2, 0) is 4.79 Å². The second kappa shape index (κ2) is 3.49. The molecule has 0 aromatic carbocycles. The number of halogens is 3. The molecule has 48 valence electrons. The summed E-state index contributed by atoms with van der Waals surface area (Å²) in [5, 5.41) is 0. The molecule has 0 N–H and O–H groups in total. The summed E-state index contributed by atoms with van der Waals surface area (Å²) in [4.78, 5) is 10.3. The third-order valence-corrected chi connectivity index (χ3v) is 5.70. The molecule has 0 spiro atoms. The Kier molecular flexibility index (Phi) is 4.08. The van der Waals surface area contributed by atoms with Crippen LogP contribution in [0.15, 0.2) is 0 Å². The average Bonchev–Trinajstić information content (AvgIpc) is 1.21. The summed E-state index contributed by atoms with van der Waals surface area (Å²) in [6.07, 6.45) is 0. The number of hydrogen-bond acceptors (Lipinski definition) is 1. The second-order valence-electron chi connectivity index (χ2n) is 1.49. The van der Waals surface area contributed by atoms with Gasteiger partial charge >= 0.3 is 63.7 Å². The molecule has 0 unspecified atom stereocenters. The van der Waals surface area contributed by atoms with E-state index in [1.54, 1.807) is 0 Å². The van der Waals surface area contributed by atoms with Crippen molar-refractivity contribution >= 4 is 47.5 Å². The van der Waals surface area contributed by atoms with Gasteiger partial charge < -0.3 is 0 Å². The molecule has 0 saturated heterocycles. The van der Waals surface area contributed by atoms with E-state index in [4.69, 9.17) is 26.8 Å². The number of Topliss-reactive ketones (excluding diaryl/α,β-unsaturated/α-hetero) is 1. The van der Waals surface area contributed by atoms with Gasteiger partial charge in [0.1, 0.15) is 0 Å². The normalized spacial score (nSPS) is 11.5. The van der Waals surface area contributed by atoms with E-state index in [2.05, 4.69) is 0 Å². The van der Waals surface area contributed by atoms with E-state index < -0.39 is 15.0 Å². The van der Waals surface area contributed by atoms with E-state index in [0.29, 0.717) is 0 Å². The topological polar surface area (TPSA) is 17.1 Å². The zero-order valence-corrected chi connectivity index (χ0v) is 9.37. The van der Waals surface area contributed by atoms with Gasteiger partial charge in [0.15, 0.2) is 0 Å². The first-order chi connectivity index (χ1) is 3.42. The summed E-state index contributed by atoms with van der Waals surface area (Å²) in [6, 6.07) is 0. The van der Waals surface area contributed by atoms with Crippen LogP contribution in [0, 0.1) is 0 Å². The number of rotatable bonds is 2. The summed E-state index contributed by atoms with van der Waals surface area (Å²) in [6.45, 7) is 1.43. The van der Waals surface area contributed by atoms with Gasteiger partial charge in [-0.05, 0) is 0 Å². The van der Waals surface area contributed by atoms with E-state index >= 15 is 0 Å². The average molecular weight is 282 g/mol. The van der Waals surface area contributed by atoms with E-state index in [-0.39, 0.29) is 10.2 Å². The van der Waals surface area contributed by atoms with Gasteiger partial charge in [-0.3, -0.25) is 0 Å². The SMILES string of the molecule is CC(=O)[CH2][Sn]([Cl])([Cl])[Cl]. The molecule has 5 heteroatoms. The fraction of sp³-hybridized carbons (Fsp3) is 0.667. The summed E-state index contributed by atoms with van der Waals surface area (Å²) < 4.78 is 0.194. The van der Waals surface area contributed by atoms with Gasteiger partial charge in [0, 0.05) is 0 Å². The zero-order valence-electron chi connectivity index (χ0n) is 4.25. The van der Waals surface area contributed by atoms with Crippen molar-refractivity contribution in [1.82, 2.24) is 0 Å². The van der Waals surface area contributed by atoms with Gasteiger partial charge in [-0.25, -0.2) is 0 Å². The Morgan fingerprint density at radius 3 is 1.88 bits per heavy atom. The molecular formula is C3H5Cl3OSn. The third-order valence-electron chi connectivity index (χ3n) is 0.449. The summed E-state index contributed by atoms with van der Waals surface area (Å²) >= 11 is -3.29. The second-order valence-corrected chi connectivity index (χ2v) is 22.9. The van der Waals surface area contributed by atoms with Crippen molar-refractivity contribution in [3.8, 4) is 0 Å². The van der Waals surface area contributed by atoms with E-state index in [1.807, 2.05) is 0 Å².